The first-order valence-corrected chi connectivity index (χ1v) is 9.58. The molecule has 1 N–H and O–H groups in total. The fourth-order valence-electron chi connectivity index (χ4n) is 6.32. The van der Waals surface area contributed by atoms with Crippen LogP contribution in [0.15, 0.2) is 11.6 Å². The van der Waals surface area contributed by atoms with Crippen LogP contribution in [0.5, 0.6) is 0 Å². The molecular formula is C21H30O5. The lowest BCUT2D eigenvalue weighted by molar-refractivity contribution is -0.178. The Labute approximate surface area is 155 Å². The highest BCUT2D eigenvalue weighted by Crippen LogP contribution is 2.65. The van der Waals surface area contributed by atoms with Crippen LogP contribution in [0.2, 0.25) is 0 Å². The summed E-state index contributed by atoms with van der Waals surface area (Å²) in [6, 6.07) is 0. The van der Waals surface area contributed by atoms with Crippen LogP contribution in [0.4, 0.5) is 0 Å². The number of allylic oxidation sites excluding steroid dienone is 1. The maximum atomic E-state index is 13.1. The molecule has 5 nitrogen and oxygen atoms in total. The SMILES string of the molecule is COC(=O)C1=CCC2C(C=O)(CCC3C(C)(C)C(O)CCC23C)C(=O)C1. The Balaban J connectivity index is 2.08. The van der Waals surface area contributed by atoms with Crippen molar-refractivity contribution in [3.63, 3.8) is 0 Å². The van der Waals surface area contributed by atoms with E-state index in [9.17, 15) is 19.5 Å². The van der Waals surface area contributed by atoms with Crippen molar-refractivity contribution in [2.45, 2.75) is 65.4 Å². The molecule has 2 saturated carbocycles. The van der Waals surface area contributed by atoms with Crippen molar-refractivity contribution in [3.05, 3.63) is 11.6 Å². The minimum absolute atomic E-state index is 0.0331. The Bertz CT molecular complexity index is 663. The summed E-state index contributed by atoms with van der Waals surface area (Å²) in [5.41, 5.74) is -1.15. The zero-order valence-electron chi connectivity index (χ0n) is 16.2. The molecule has 0 radical (unpaired) electrons. The van der Waals surface area contributed by atoms with Gasteiger partial charge in [-0.3, -0.25) is 4.79 Å². The van der Waals surface area contributed by atoms with Crippen LogP contribution in [0.25, 0.3) is 0 Å². The minimum Gasteiger partial charge on any atom is -0.466 e. The molecule has 0 aromatic heterocycles. The Morgan fingerprint density at radius 2 is 1.92 bits per heavy atom. The minimum atomic E-state index is -1.03. The molecule has 0 bridgehead atoms. The van der Waals surface area contributed by atoms with Gasteiger partial charge in [-0.15, -0.1) is 0 Å². The number of fused-ring (bicyclic) bond motifs is 3. The maximum absolute atomic E-state index is 13.1. The van der Waals surface area contributed by atoms with Gasteiger partial charge >= 0.3 is 5.97 Å². The maximum Gasteiger partial charge on any atom is 0.333 e. The van der Waals surface area contributed by atoms with Crippen molar-refractivity contribution < 1.29 is 24.2 Å². The van der Waals surface area contributed by atoms with Gasteiger partial charge < -0.3 is 14.6 Å². The van der Waals surface area contributed by atoms with Crippen molar-refractivity contribution >= 4 is 18.0 Å². The van der Waals surface area contributed by atoms with E-state index >= 15 is 0 Å². The van der Waals surface area contributed by atoms with Crippen LogP contribution in [0.1, 0.15) is 59.3 Å². The van der Waals surface area contributed by atoms with Gasteiger partial charge in [0.15, 0.2) is 5.78 Å². The summed E-state index contributed by atoms with van der Waals surface area (Å²) in [6.07, 6.45) is 5.49. The lowest BCUT2D eigenvalue weighted by atomic mass is 9.42. The molecule has 2 fully saturated rings. The van der Waals surface area contributed by atoms with Crippen molar-refractivity contribution in [1.29, 1.82) is 0 Å². The third kappa shape index (κ3) is 2.50. The number of hydrogen-bond acceptors (Lipinski definition) is 5. The number of carbonyl (C=O) groups excluding carboxylic acids is 3. The highest BCUT2D eigenvalue weighted by molar-refractivity contribution is 6.05. The number of ketones is 1. The summed E-state index contributed by atoms with van der Waals surface area (Å²) in [7, 11) is 1.31. The highest BCUT2D eigenvalue weighted by Gasteiger charge is 2.63. The number of esters is 1. The predicted molar refractivity (Wildman–Crippen MR) is 96.2 cm³/mol. The van der Waals surface area contributed by atoms with E-state index < -0.39 is 11.4 Å². The first-order valence-electron chi connectivity index (χ1n) is 9.58. The van der Waals surface area contributed by atoms with E-state index in [0.717, 1.165) is 19.1 Å². The first kappa shape index (κ1) is 19.3. The van der Waals surface area contributed by atoms with Gasteiger partial charge in [0.25, 0.3) is 0 Å². The van der Waals surface area contributed by atoms with Gasteiger partial charge in [-0.2, -0.15) is 0 Å². The number of carbonyl (C=O) groups is 3. The molecule has 3 aliphatic carbocycles. The van der Waals surface area contributed by atoms with Crippen molar-refractivity contribution in [2.75, 3.05) is 7.11 Å². The molecule has 0 saturated heterocycles. The van der Waals surface area contributed by atoms with Crippen LogP contribution in [0.3, 0.4) is 0 Å². The zero-order chi connectivity index (χ0) is 19.3. The zero-order valence-corrected chi connectivity index (χ0v) is 16.2. The number of Topliss-reactive ketones (excluding diaryl/α,β-unsaturated/α-hetero) is 1. The molecule has 26 heavy (non-hydrogen) atoms. The number of ether oxygens (including phenoxy) is 1. The summed E-state index contributed by atoms with van der Waals surface area (Å²) < 4.78 is 4.81. The van der Waals surface area contributed by atoms with E-state index in [0.29, 0.717) is 24.8 Å². The van der Waals surface area contributed by atoms with E-state index in [2.05, 4.69) is 20.8 Å². The normalized spacial score (nSPS) is 42.0. The second kappa shape index (κ2) is 6.29. The molecule has 3 rings (SSSR count). The fraction of sp³-hybridized carbons (Fsp3) is 0.762. The van der Waals surface area contributed by atoms with E-state index in [4.69, 9.17) is 4.74 Å². The number of aliphatic hydroxyl groups is 1. The third-order valence-corrected chi connectivity index (χ3v) is 7.90. The molecule has 5 unspecified atom stereocenters. The van der Waals surface area contributed by atoms with E-state index in [-0.39, 0.29) is 41.0 Å². The van der Waals surface area contributed by atoms with Gasteiger partial charge in [0.1, 0.15) is 6.29 Å². The smallest absolute Gasteiger partial charge is 0.333 e. The van der Waals surface area contributed by atoms with Crippen LogP contribution < -0.4 is 0 Å². The summed E-state index contributed by atoms with van der Waals surface area (Å²) in [4.78, 5) is 37.4. The Morgan fingerprint density at radius 3 is 2.54 bits per heavy atom. The monoisotopic (exact) mass is 362 g/mol. The number of hydrogen-bond donors (Lipinski definition) is 1. The van der Waals surface area contributed by atoms with Gasteiger partial charge in [0.05, 0.1) is 18.6 Å². The topological polar surface area (TPSA) is 80.7 Å². The average Bonchev–Trinajstić information content (AvgIpc) is 2.76. The molecule has 144 valence electrons. The van der Waals surface area contributed by atoms with Gasteiger partial charge in [-0.05, 0) is 54.8 Å². The highest BCUT2D eigenvalue weighted by atomic mass is 16.5. The van der Waals surface area contributed by atoms with Crippen molar-refractivity contribution in [1.82, 2.24) is 0 Å². The lowest BCUT2D eigenvalue weighted by Gasteiger charge is -2.62. The van der Waals surface area contributed by atoms with Crippen LogP contribution in [0, 0.1) is 28.1 Å². The quantitative estimate of drug-likeness (QED) is 0.464. The average molecular weight is 362 g/mol. The predicted octanol–water partition coefficient (Wildman–Crippen LogP) is 2.85. The largest absolute Gasteiger partial charge is 0.466 e. The fourth-order valence-corrected chi connectivity index (χ4v) is 6.32. The van der Waals surface area contributed by atoms with E-state index in [1.165, 1.54) is 7.11 Å². The molecule has 0 aromatic rings. The van der Waals surface area contributed by atoms with Gasteiger partial charge in [0.2, 0.25) is 0 Å². The molecule has 5 heteroatoms. The number of methoxy groups -OCH3 is 1. The molecule has 0 spiro atoms. The molecule has 0 aromatic carbocycles. The summed E-state index contributed by atoms with van der Waals surface area (Å²) in [6.45, 7) is 6.38. The lowest BCUT2D eigenvalue weighted by Crippen LogP contribution is -2.60. The number of aliphatic hydroxyl groups excluding tert-OH is 1. The summed E-state index contributed by atoms with van der Waals surface area (Å²) in [5.74, 6) is -0.556. The third-order valence-electron chi connectivity index (χ3n) is 7.90. The van der Waals surface area contributed by atoms with Crippen molar-refractivity contribution in [2.24, 2.45) is 28.1 Å². The second-order valence-electron chi connectivity index (χ2n) is 9.24. The molecule has 0 aliphatic heterocycles. The molecule has 5 atom stereocenters. The molecule has 0 heterocycles. The summed E-state index contributed by atoms with van der Waals surface area (Å²) >= 11 is 0. The first-order chi connectivity index (χ1) is 12.1. The van der Waals surface area contributed by atoms with Gasteiger partial charge in [0, 0.05) is 12.0 Å². The number of aldehydes is 1. The standard InChI is InChI=1S/C21H30O5/c1-19(2)14-7-10-21(12-22)15(20(14,3)9-8-16(19)23)6-5-13(11-17(21)24)18(25)26-4/h5,12,14-16,23H,6-11H2,1-4H3. The van der Waals surface area contributed by atoms with Gasteiger partial charge in [-0.1, -0.05) is 26.8 Å². The Hall–Kier alpha value is -1.49. The van der Waals surface area contributed by atoms with Crippen LogP contribution in [-0.4, -0.2) is 36.4 Å². The van der Waals surface area contributed by atoms with Gasteiger partial charge in [-0.25, -0.2) is 4.79 Å². The molecular weight excluding hydrogens is 332 g/mol. The van der Waals surface area contributed by atoms with Crippen molar-refractivity contribution in [3.8, 4) is 0 Å². The number of rotatable bonds is 2. The van der Waals surface area contributed by atoms with E-state index in [1.54, 1.807) is 0 Å². The van der Waals surface area contributed by atoms with Crippen LogP contribution >= 0.6 is 0 Å². The van der Waals surface area contributed by atoms with E-state index in [1.807, 2.05) is 6.08 Å². The molecule has 3 aliphatic rings. The Kier molecular flexibility index (Phi) is 4.67. The van der Waals surface area contributed by atoms with Crippen LogP contribution in [-0.2, 0) is 19.1 Å². The Morgan fingerprint density at radius 1 is 1.23 bits per heavy atom. The molecule has 0 amide bonds. The second-order valence-corrected chi connectivity index (χ2v) is 9.24. The summed E-state index contributed by atoms with van der Waals surface area (Å²) in [5, 5.41) is 10.6.